The van der Waals surface area contributed by atoms with Gasteiger partial charge < -0.3 is 4.52 Å². The molecule has 31 heavy (non-hydrogen) atoms. The number of phosphoric acid groups is 1. The lowest BCUT2D eigenvalue weighted by atomic mass is 9.87. The van der Waals surface area contributed by atoms with Crippen molar-refractivity contribution in [2.75, 3.05) is 0 Å². The Balaban J connectivity index is 2.26. The van der Waals surface area contributed by atoms with Crippen molar-refractivity contribution in [2.45, 2.75) is 52.4 Å². The molecule has 3 rings (SSSR count). The Bertz CT molecular complexity index is 1050. The zero-order valence-electron chi connectivity index (χ0n) is 18.3. The van der Waals surface area contributed by atoms with E-state index in [1.54, 1.807) is 12.1 Å². The van der Waals surface area contributed by atoms with E-state index in [0.29, 0.717) is 0 Å². The molecule has 0 atom stereocenters. The van der Waals surface area contributed by atoms with Gasteiger partial charge in [0.2, 0.25) is 0 Å². The summed E-state index contributed by atoms with van der Waals surface area (Å²) in [4.78, 5) is 19.1. The Labute approximate surface area is 185 Å². The van der Waals surface area contributed by atoms with Gasteiger partial charge in [-0.1, -0.05) is 87.4 Å². The first-order valence-electron chi connectivity index (χ1n) is 11.0. The summed E-state index contributed by atoms with van der Waals surface area (Å²) in [5.74, 6) is 0.208. The van der Waals surface area contributed by atoms with Crippen molar-refractivity contribution in [3.63, 3.8) is 0 Å². The molecule has 164 valence electrons. The van der Waals surface area contributed by atoms with E-state index in [1.165, 1.54) is 5.56 Å². The van der Waals surface area contributed by atoms with Crippen LogP contribution in [0.15, 0.2) is 66.7 Å². The first-order valence-corrected chi connectivity index (χ1v) is 12.5. The first kappa shape index (κ1) is 23.3. The molecule has 0 aliphatic rings. The lowest BCUT2D eigenvalue weighted by Gasteiger charge is -2.20. The summed E-state index contributed by atoms with van der Waals surface area (Å²) in [6, 6.07) is 21.8. The van der Waals surface area contributed by atoms with E-state index in [9.17, 15) is 14.4 Å². The molecule has 5 heteroatoms. The third kappa shape index (κ3) is 6.07. The van der Waals surface area contributed by atoms with E-state index in [-0.39, 0.29) is 5.75 Å². The molecule has 0 radical (unpaired) electrons. The van der Waals surface area contributed by atoms with Gasteiger partial charge in [-0.3, -0.25) is 9.79 Å². The van der Waals surface area contributed by atoms with Gasteiger partial charge in [0.25, 0.3) is 0 Å². The Kier molecular flexibility index (Phi) is 8.09. The van der Waals surface area contributed by atoms with Crippen LogP contribution in [0.1, 0.15) is 50.7 Å². The number of hydrogen-bond acceptors (Lipinski definition) is 2. The number of rotatable bonds is 10. The van der Waals surface area contributed by atoms with E-state index in [2.05, 4.69) is 32.0 Å². The maximum atomic E-state index is 11.8. The Hall–Kier alpha value is -2.39. The molecule has 0 heterocycles. The highest BCUT2D eigenvalue weighted by atomic mass is 31.2. The second-order valence-electron chi connectivity index (χ2n) is 7.78. The molecule has 3 aromatic rings. The molecule has 3 aromatic carbocycles. The molecular weight excluding hydrogens is 407 g/mol. The van der Waals surface area contributed by atoms with Gasteiger partial charge in [-0.15, -0.1) is 0 Å². The van der Waals surface area contributed by atoms with Crippen LogP contribution >= 0.6 is 7.82 Å². The predicted octanol–water partition coefficient (Wildman–Crippen LogP) is 7.18. The number of unbranched alkanes of at least 4 members (excludes halogenated alkanes) is 2. The van der Waals surface area contributed by atoms with Gasteiger partial charge in [-0.25, -0.2) is 4.57 Å². The van der Waals surface area contributed by atoms with Crippen molar-refractivity contribution in [2.24, 2.45) is 0 Å². The third-order valence-corrected chi connectivity index (χ3v) is 5.87. The molecule has 4 nitrogen and oxygen atoms in total. The summed E-state index contributed by atoms with van der Waals surface area (Å²) in [6.45, 7) is 4.33. The molecule has 0 bridgehead atoms. The lowest BCUT2D eigenvalue weighted by Crippen LogP contribution is -1.99. The number of hydrogen-bond donors (Lipinski definition) is 2. The highest BCUT2D eigenvalue weighted by Crippen LogP contribution is 2.47. The van der Waals surface area contributed by atoms with Crippen LogP contribution in [-0.2, 0) is 17.4 Å². The highest BCUT2D eigenvalue weighted by Gasteiger charge is 2.23. The van der Waals surface area contributed by atoms with Crippen molar-refractivity contribution < 1.29 is 18.9 Å². The summed E-state index contributed by atoms with van der Waals surface area (Å²) in [7, 11) is -4.71. The number of phosphoric ester groups is 1. The van der Waals surface area contributed by atoms with E-state index in [0.717, 1.165) is 66.3 Å². The molecule has 0 spiro atoms. The van der Waals surface area contributed by atoms with Crippen molar-refractivity contribution in [3.05, 3.63) is 77.9 Å². The maximum Gasteiger partial charge on any atom is 0.524 e. The SMILES string of the molecule is CCCCc1ccccc1-c1cccc(OP(=O)(O)O)c1-c1ccccc1CCCC. The topological polar surface area (TPSA) is 66.8 Å². The molecule has 0 saturated heterocycles. The van der Waals surface area contributed by atoms with Crippen LogP contribution in [0.2, 0.25) is 0 Å². The Morgan fingerprint density at radius 3 is 1.81 bits per heavy atom. The molecule has 2 N–H and O–H groups in total. The maximum absolute atomic E-state index is 11.8. The van der Waals surface area contributed by atoms with Crippen LogP contribution in [0.4, 0.5) is 0 Å². The van der Waals surface area contributed by atoms with Crippen LogP contribution in [0.5, 0.6) is 5.75 Å². The monoisotopic (exact) mass is 438 g/mol. The fourth-order valence-corrected chi connectivity index (χ4v) is 4.36. The lowest BCUT2D eigenvalue weighted by molar-refractivity contribution is 0.283. The summed E-state index contributed by atoms with van der Waals surface area (Å²) in [6.07, 6.45) is 6.14. The van der Waals surface area contributed by atoms with E-state index < -0.39 is 7.82 Å². The van der Waals surface area contributed by atoms with Gasteiger partial charge in [0.1, 0.15) is 5.75 Å². The molecular formula is C26H31O4P. The van der Waals surface area contributed by atoms with Gasteiger partial charge in [-0.2, -0.15) is 0 Å². The molecule has 0 amide bonds. The van der Waals surface area contributed by atoms with Crippen molar-refractivity contribution >= 4 is 7.82 Å². The minimum atomic E-state index is -4.71. The summed E-state index contributed by atoms with van der Waals surface area (Å²) < 4.78 is 17.0. The minimum Gasteiger partial charge on any atom is -0.404 e. The minimum absolute atomic E-state index is 0.208. The fraction of sp³-hybridized carbons (Fsp3) is 0.308. The molecule has 0 aromatic heterocycles. The van der Waals surface area contributed by atoms with Crippen LogP contribution in [0.3, 0.4) is 0 Å². The largest absolute Gasteiger partial charge is 0.524 e. The summed E-state index contributed by atoms with van der Waals surface area (Å²) >= 11 is 0. The van der Waals surface area contributed by atoms with Crippen LogP contribution < -0.4 is 4.52 Å². The molecule has 0 unspecified atom stereocenters. The van der Waals surface area contributed by atoms with E-state index in [1.807, 2.05) is 36.4 Å². The Morgan fingerprint density at radius 1 is 0.710 bits per heavy atom. The highest BCUT2D eigenvalue weighted by molar-refractivity contribution is 7.46. The predicted molar refractivity (Wildman–Crippen MR) is 127 cm³/mol. The van der Waals surface area contributed by atoms with Crippen LogP contribution in [-0.4, -0.2) is 9.79 Å². The Morgan fingerprint density at radius 2 is 1.23 bits per heavy atom. The standard InChI is InChI=1S/C26H31O4P/c1-3-5-12-20-14-7-9-16-22(20)24-18-11-19-25(30-31(27,28)29)26(24)23-17-10-8-15-21(23)13-6-4-2/h7-11,14-19H,3-6,12-13H2,1-2H3,(H2,27,28,29). The molecule has 0 aliphatic heterocycles. The summed E-state index contributed by atoms with van der Waals surface area (Å²) in [5, 5.41) is 0. The zero-order valence-corrected chi connectivity index (χ0v) is 19.1. The van der Waals surface area contributed by atoms with Gasteiger partial charge in [0, 0.05) is 5.56 Å². The fourth-order valence-electron chi connectivity index (χ4n) is 3.96. The summed E-state index contributed by atoms with van der Waals surface area (Å²) in [5.41, 5.74) is 6.08. The average Bonchev–Trinajstić information content (AvgIpc) is 2.75. The zero-order chi connectivity index (χ0) is 22.3. The smallest absolute Gasteiger partial charge is 0.404 e. The second kappa shape index (κ2) is 10.8. The second-order valence-corrected chi connectivity index (χ2v) is 8.95. The quantitative estimate of drug-likeness (QED) is 0.329. The van der Waals surface area contributed by atoms with Crippen LogP contribution in [0, 0.1) is 0 Å². The molecule has 0 saturated carbocycles. The molecule has 0 fully saturated rings. The van der Waals surface area contributed by atoms with E-state index >= 15 is 0 Å². The van der Waals surface area contributed by atoms with Gasteiger partial charge >= 0.3 is 7.82 Å². The number of aryl methyl sites for hydroxylation is 2. The normalized spacial score (nSPS) is 11.5. The van der Waals surface area contributed by atoms with Crippen LogP contribution in [0.25, 0.3) is 22.3 Å². The van der Waals surface area contributed by atoms with Crippen molar-refractivity contribution in [1.29, 1.82) is 0 Å². The van der Waals surface area contributed by atoms with Gasteiger partial charge in [-0.05, 0) is 59.6 Å². The average molecular weight is 439 g/mol. The van der Waals surface area contributed by atoms with Crippen molar-refractivity contribution in [1.82, 2.24) is 0 Å². The van der Waals surface area contributed by atoms with Crippen molar-refractivity contribution in [3.8, 4) is 28.0 Å². The third-order valence-electron chi connectivity index (χ3n) is 5.44. The number of benzene rings is 3. The first-order chi connectivity index (χ1) is 14.9. The van der Waals surface area contributed by atoms with Gasteiger partial charge in [0.05, 0.1) is 0 Å². The van der Waals surface area contributed by atoms with Gasteiger partial charge in [0.15, 0.2) is 0 Å². The molecule has 0 aliphatic carbocycles. The van der Waals surface area contributed by atoms with E-state index in [4.69, 9.17) is 4.52 Å².